The van der Waals surface area contributed by atoms with Crippen molar-refractivity contribution in [1.29, 1.82) is 0 Å². The number of nitrogens with two attached hydrogens (primary N) is 1. The highest BCUT2D eigenvalue weighted by Gasteiger charge is 2.20. The van der Waals surface area contributed by atoms with Gasteiger partial charge < -0.3 is 20.5 Å². The van der Waals surface area contributed by atoms with Crippen molar-refractivity contribution in [2.75, 3.05) is 39.9 Å². The molecule has 0 aliphatic carbocycles. The van der Waals surface area contributed by atoms with E-state index in [1.165, 1.54) is 12.8 Å². The van der Waals surface area contributed by atoms with Crippen molar-refractivity contribution in [2.45, 2.75) is 18.9 Å². The monoisotopic (exact) mass is 202 g/mol. The second-order valence-electron chi connectivity index (χ2n) is 4.11. The van der Waals surface area contributed by atoms with Crippen molar-refractivity contribution >= 4 is 0 Å². The van der Waals surface area contributed by atoms with Gasteiger partial charge in [0.25, 0.3) is 0 Å². The maximum atomic E-state index is 9.43. The number of piperidine rings is 1. The Morgan fingerprint density at radius 3 is 3.07 bits per heavy atom. The lowest BCUT2D eigenvalue weighted by atomic mass is 9.99. The molecular formula is C10H22N2O2. The standard InChI is InChI=1S/C10H22N2O2/c1-14-8-9-3-2-4-12(6-9)7-10(13)5-11/h9-10,13H,2-8,11H2,1H3. The first-order valence-electron chi connectivity index (χ1n) is 5.35. The normalized spacial score (nSPS) is 26.4. The lowest BCUT2D eigenvalue weighted by molar-refractivity contribution is 0.0592. The van der Waals surface area contributed by atoms with Crippen LogP contribution in [0.2, 0.25) is 0 Å². The molecule has 2 unspecified atom stereocenters. The highest BCUT2D eigenvalue weighted by atomic mass is 16.5. The fourth-order valence-electron chi connectivity index (χ4n) is 2.06. The summed E-state index contributed by atoms with van der Waals surface area (Å²) in [5, 5.41) is 9.43. The van der Waals surface area contributed by atoms with Gasteiger partial charge in [-0.2, -0.15) is 0 Å². The molecule has 1 aliphatic rings. The van der Waals surface area contributed by atoms with Crippen LogP contribution in [0.5, 0.6) is 0 Å². The first-order chi connectivity index (χ1) is 6.76. The molecule has 1 rings (SSSR count). The molecule has 1 heterocycles. The van der Waals surface area contributed by atoms with E-state index in [2.05, 4.69) is 4.90 Å². The summed E-state index contributed by atoms with van der Waals surface area (Å²) in [6.07, 6.45) is 2.06. The summed E-state index contributed by atoms with van der Waals surface area (Å²) < 4.78 is 5.15. The molecule has 0 aromatic carbocycles. The molecule has 1 fully saturated rings. The predicted molar refractivity (Wildman–Crippen MR) is 56.1 cm³/mol. The second kappa shape index (κ2) is 6.35. The number of methoxy groups -OCH3 is 1. The Hall–Kier alpha value is -0.160. The van der Waals surface area contributed by atoms with Gasteiger partial charge in [0.05, 0.1) is 12.7 Å². The molecule has 14 heavy (non-hydrogen) atoms. The van der Waals surface area contributed by atoms with Crippen molar-refractivity contribution in [3.63, 3.8) is 0 Å². The Kier molecular flexibility index (Phi) is 5.40. The number of aliphatic hydroxyl groups is 1. The average Bonchev–Trinajstić information content (AvgIpc) is 2.19. The van der Waals surface area contributed by atoms with Crippen molar-refractivity contribution in [3.05, 3.63) is 0 Å². The lowest BCUT2D eigenvalue weighted by Crippen LogP contribution is -2.43. The van der Waals surface area contributed by atoms with Crippen LogP contribution in [0.1, 0.15) is 12.8 Å². The van der Waals surface area contributed by atoms with Crippen LogP contribution in [0, 0.1) is 5.92 Å². The zero-order valence-corrected chi connectivity index (χ0v) is 8.98. The second-order valence-corrected chi connectivity index (χ2v) is 4.11. The minimum Gasteiger partial charge on any atom is -0.390 e. The van der Waals surface area contributed by atoms with E-state index in [0.29, 0.717) is 19.0 Å². The fraction of sp³-hybridized carbons (Fsp3) is 1.00. The number of aliphatic hydroxyl groups excluding tert-OH is 1. The van der Waals surface area contributed by atoms with E-state index in [1.54, 1.807) is 7.11 Å². The minimum atomic E-state index is -0.378. The van der Waals surface area contributed by atoms with E-state index in [9.17, 15) is 5.11 Å². The lowest BCUT2D eigenvalue weighted by Gasteiger charge is -2.33. The zero-order chi connectivity index (χ0) is 10.4. The molecule has 4 nitrogen and oxygen atoms in total. The third-order valence-electron chi connectivity index (χ3n) is 2.75. The van der Waals surface area contributed by atoms with Crippen LogP contribution in [-0.4, -0.2) is 56.0 Å². The molecule has 0 aromatic heterocycles. The molecule has 1 aliphatic heterocycles. The van der Waals surface area contributed by atoms with Gasteiger partial charge in [-0.3, -0.25) is 0 Å². The molecule has 84 valence electrons. The Morgan fingerprint density at radius 2 is 2.43 bits per heavy atom. The van der Waals surface area contributed by atoms with E-state index in [-0.39, 0.29) is 6.10 Å². The summed E-state index contributed by atoms with van der Waals surface area (Å²) in [5.41, 5.74) is 5.38. The van der Waals surface area contributed by atoms with E-state index in [1.807, 2.05) is 0 Å². The first-order valence-corrected chi connectivity index (χ1v) is 5.35. The summed E-state index contributed by atoms with van der Waals surface area (Å²) in [6, 6.07) is 0. The maximum Gasteiger partial charge on any atom is 0.0789 e. The third-order valence-corrected chi connectivity index (χ3v) is 2.75. The maximum absolute atomic E-state index is 9.43. The van der Waals surface area contributed by atoms with Crippen molar-refractivity contribution in [3.8, 4) is 0 Å². The molecule has 0 amide bonds. The van der Waals surface area contributed by atoms with Gasteiger partial charge in [0.15, 0.2) is 0 Å². The van der Waals surface area contributed by atoms with E-state index in [0.717, 1.165) is 19.7 Å². The van der Waals surface area contributed by atoms with Crippen molar-refractivity contribution < 1.29 is 9.84 Å². The Morgan fingerprint density at radius 1 is 1.64 bits per heavy atom. The third kappa shape index (κ3) is 3.92. The number of likely N-dealkylation sites (tertiary alicyclic amines) is 1. The van der Waals surface area contributed by atoms with Gasteiger partial charge in [0.2, 0.25) is 0 Å². The molecule has 1 saturated heterocycles. The molecule has 0 radical (unpaired) electrons. The van der Waals surface area contributed by atoms with Crippen molar-refractivity contribution in [1.82, 2.24) is 4.90 Å². The van der Waals surface area contributed by atoms with Crippen LogP contribution in [0.15, 0.2) is 0 Å². The Labute approximate surface area is 86.0 Å². The fourth-order valence-corrected chi connectivity index (χ4v) is 2.06. The quantitative estimate of drug-likeness (QED) is 0.640. The predicted octanol–water partition coefficient (Wildman–Crippen LogP) is -0.336. The summed E-state index contributed by atoms with van der Waals surface area (Å²) >= 11 is 0. The summed E-state index contributed by atoms with van der Waals surface area (Å²) in [6.45, 7) is 4.00. The van der Waals surface area contributed by atoms with Gasteiger partial charge in [0, 0.05) is 26.7 Å². The molecule has 4 heteroatoms. The number of nitrogens with zero attached hydrogens (tertiary/aromatic N) is 1. The number of hydrogen-bond acceptors (Lipinski definition) is 4. The largest absolute Gasteiger partial charge is 0.390 e. The number of hydrogen-bond donors (Lipinski definition) is 2. The van der Waals surface area contributed by atoms with Gasteiger partial charge in [0.1, 0.15) is 0 Å². The summed E-state index contributed by atoms with van der Waals surface area (Å²) in [4.78, 5) is 2.28. The number of ether oxygens (including phenoxy) is 1. The first kappa shape index (κ1) is 11.9. The van der Waals surface area contributed by atoms with E-state index < -0.39 is 0 Å². The van der Waals surface area contributed by atoms with Gasteiger partial charge in [-0.1, -0.05) is 0 Å². The van der Waals surface area contributed by atoms with Crippen LogP contribution < -0.4 is 5.73 Å². The molecule has 3 N–H and O–H groups in total. The minimum absolute atomic E-state index is 0.353. The van der Waals surface area contributed by atoms with Gasteiger partial charge in [-0.25, -0.2) is 0 Å². The molecular weight excluding hydrogens is 180 g/mol. The molecule has 0 saturated carbocycles. The summed E-state index contributed by atoms with van der Waals surface area (Å²) in [5.74, 6) is 0.624. The molecule has 0 spiro atoms. The van der Waals surface area contributed by atoms with Crippen LogP contribution in [0.3, 0.4) is 0 Å². The summed E-state index contributed by atoms with van der Waals surface area (Å²) in [7, 11) is 1.74. The topological polar surface area (TPSA) is 58.7 Å². The highest BCUT2D eigenvalue weighted by molar-refractivity contribution is 4.75. The highest BCUT2D eigenvalue weighted by Crippen LogP contribution is 2.16. The van der Waals surface area contributed by atoms with E-state index >= 15 is 0 Å². The van der Waals surface area contributed by atoms with Crippen molar-refractivity contribution in [2.24, 2.45) is 11.7 Å². The molecule has 2 atom stereocenters. The van der Waals surface area contributed by atoms with E-state index in [4.69, 9.17) is 10.5 Å². The SMILES string of the molecule is COCC1CCCN(CC(O)CN)C1. The molecule has 0 aromatic rings. The average molecular weight is 202 g/mol. The van der Waals surface area contributed by atoms with Crippen LogP contribution in [-0.2, 0) is 4.74 Å². The number of rotatable bonds is 5. The van der Waals surface area contributed by atoms with Gasteiger partial charge in [-0.05, 0) is 25.3 Å². The number of β-amino-alcohol motifs (C(OH)–C–C–N with tert-alkyl or cyclic N) is 1. The Bertz CT molecular complexity index is 153. The molecule has 0 bridgehead atoms. The van der Waals surface area contributed by atoms with Gasteiger partial charge >= 0.3 is 0 Å². The smallest absolute Gasteiger partial charge is 0.0789 e. The van der Waals surface area contributed by atoms with Crippen LogP contribution >= 0.6 is 0 Å². The Balaban J connectivity index is 2.25. The zero-order valence-electron chi connectivity index (χ0n) is 8.98. The van der Waals surface area contributed by atoms with Crippen LogP contribution in [0.25, 0.3) is 0 Å². The van der Waals surface area contributed by atoms with Gasteiger partial charge in [-0.15, -0.1) is 0 Å². The van der Waals surface area contributed by atoms with Crippen LogP contribution in [0.4, 0.5) is 0 Å².